The topological polar surface area (TPSA) is 95.9 Å². The van der Waals surface area contributed by atoms with E-state index in [1.807, 2.05) is 24.4 Å². The van der Waals surface area contributed by atoms with E-state index in [0.29, 0.717) is 33.9 Å². The molecule has 4 heterocycles. The Hall–Kier alpha value is -3.07. The maximum Gasteiger partial charge on any atom is 0.339 e. The summed E-state index contributed by atoms with van der Waals surface area (Å²) in [5, 5.41) is 14.7. The van der Waals surface area contributed by atoms with Gasteiger partial charge in [-0.3, -0.25) is 4.68 Å². The highest BCUT2D eigenvalue weighted by molar-refractivity contribution is 7.13. The van der Waals surface area contributed by atoms with Crippen LogP contribution in [0.5, 0.6) is 0 Å². The minimum absolute atomic E-state index is 0.257. The first kappa shape index (κ1) is 17.3. The number of nitrogens with zero attached hydrogens (tertiary/aromatic N) is 5. The summed E-state index contributed by atoms with van der Waals surface area (Å²) in [7, 11) is 1.81. The molecule has 0 fully saturated rings. The minimum atomic E-state index is -0.663. The molecule has 0 aliphatic carbocycles. The molecule has 1 unspecified atom stereocenters. The molecule has 0 spiro atoms. The Morgan fingerprint density at radius 3 is 2.81 bits per heavy atom. The average Bonchev–Trinajstić information content (AvgIpc) is 3.36. The van der Waals surface area contributed by atoms with Crippen LogP contribution in [0.3, 0.4) is 0 Å². The Morgan fingerprint density at radius 1 is 1.33 bits per heavy atom. The summed E-state index contributed by atoms with van der Waals surface area (Å²) in [6.07, 6.45) is -0.663. The third kappa shape index (κ3) is 3.10. The molecule has 0 aliphatic heterocycles. The number of thiophene rings is 1. The lowest BCUT2D eigenvalue weighted by atomic mass is 10.1. The molecule has 4 rings (SSSR count). The molecule has 1 atom stereocenters. The fraction of sp³-hybridized carbons (Fsp3) is 0.278. The molecule has 9 heteroatoms. The second-order valence-electron chi connectivity index (χ2n) is 6.15. The van der Waals surface area contributed by atoms with Crippen molar-refractivity contribution in [2.45, 2.75) is 26.9 Å². The first-order chi connectivity index (χ1) is 12.9. The van der Waals surface area contributed by atoms with E-state index in [4.69, 9.17) is 9.15 Å². The van der Waals surface area contributed by atoms with Crippen molar-refractivity contribution in [3.8, 4) is 10.6 Å². The maximum atomic E-state index is 13.0. The van der Waals surface area contributed by atoms with Crippen LogP contribution in [0.4, 0.5) is 0 Å². The van der Waals surface area contributed by atoms with E-state index in [9.17, 15) is 4.79 Å². The molecular weight excluding hydrogens is 366 g/mol. The van der Waals surface area contributed by atoms with Crippen molar-refractivity contribution in [3.05, 3.63) is 46.6 Å². The lowest BCUT2D eigenvalue weighted by Gasteiger charge is -2.11. The first-order valence-corrected chi connectivity index (χ1v) is 9.21. The van der Waals surface area contributed by atoms with Gasteiger partial charge in [0.25, 0.3) is 5.89 Å². The van der Waals surface area contributed by atoms with Gasteiger partial charge in [-0.2, -0.15) is 5.10 Å². The van der Waals surface area contributed by atoms with Crippen LogP contribution in [0.15, 0.2) is 28.0 Å². The Kier molecular flexibility index (Phi) is 4.23. The minimum Gasteiger partial charge on any atom is -0.449 e. The monoisotopic (exact) mass is 383 g/mol. The quantitative estimate of drug-likeness (QED) is 0.497. The zero-order valence-corrected chi connectivity index (χ0v) is 16.1. The summed E-state index contributed by atoms with van der Waals surface area (Å²) < 4.78 is 12.6. The first-order valence-electron chi connectivity index (χ1n) is 8.33. The molecule has 0 saturated carbocycles. The van der Waals surface area contributed by atoms with Gasteiger partial charge in [0.1, 0.15) is 0 Å². The maximum absolute atomic E-state index is 13.0. The van der Waals surface area contributed by atoms with Crippen LogP contribution in [0.25, 0.3) is 21.6 Å². The van der Waals surface area contributed by atoms with Gasteiger partial charge < -0.3 is 9.15 Å². The van der Waals surface area contributed by atoms with Crippen LogP contribution in [-0.4, -0.2) is 30.9 Å². The molecule has 4 aromatic heterocycles. The number of hydrogen-bond donors (Lipinski definition) is 0. The second-order valence-corrected chi connectivity index (χ2v) is 7.09. The Morgan fingerprint density at radius 2 is 2.15 bits per heavy atom. The number of aromatic nitrogens is 5. The lowest BCUT2D eigenvalue weighted by Crippen LogP contribution is -2.11. The van der Waals surface area contributed by atoms with Gasteiger partial charge >= 0.3 is 5.97 Å². The molecular formula is C18H17N5O3S. The van der Waals surface area contributed by atoms with Crippen molar-refractivity contribution in [3.63, 3.8) is 0 Å². The van der Waals surface area contributed by atoms with E-state index in [2.05, 4.69) is 20.3 Å². The third-order valence-corrected chi connectivity index (χ3v) is 5.03. The number of ether oxygens (including phenoxy) is 1. The fourth-order valence-electron chi connectivity index (χ4n) is 2.91. The van der Waals surface area contributed by atoms with Crippen molar-refractivity contribution >= 4 is 28.3 Å². The van der Waals surface area contributed by atoms with Gasteiger partial charge in [0.05, 0.1) is 27.2 Å². The molecule has 0 saturated heterocycles. The highest BCUT2D eigenvalue weighted by Gasteiger charge is 2.24. The lowest BCUT2D eigenvalue weighted by molar-refractivity contribution is 0.0279. The summed E-state index contributed by atoms with van der Waals surface area (Å²) in [6.45, 7) is 5.22. The van der Waals surface area contributed by atoms with Crippen LogP contribution in [-0.2, 0) is 11.8 Å². The van der Waals surface area contributed by atoms with Crippen molar-refractivity contribution in [1.29, 1.82) is 0 Å². The van der Waals surface area contributed by atoms with E-state index in [1.165, 1.54) is 0 Å². The summed E-state index contributed by atoms with van der Waals surface area (Å²) in [5.41, 5.74) is 2.46. The highest BCUT2D eigenvalue weighted by atomic mass is 32.1. The largest absolute Gasteiger partial charge is 0.449 e. The number of aryl methyl sites for hydroxylation is 3. The van der Waals surface area contributed by atoms with Crippen molar-refractivity contribution in [1.82, 2.24) is 25.0 Å². The third-order valence-electron chi connectivity index (χ3n) is 4.14. The van der Waals surface area contributed by atoms with Crippen LogP contribution in [0.1, 0.15) is 40.9 Å². The fourth-order valence-corrected chi connectivity index (χ4v) is 3.59. The summed E-state index contributed by atoms with van der Waals surface area (Å²) in [4.78, 5) is 18.6. The number of rotatable bonds is 4. The SMILES string of the molecule is Cc1nnc(C(C)OC(=O)c2cc(-c3cccs3)nc3c2c(C)nn3C)o1. The molecule has 8 nitrogen and oxygen atoms in total. The van der Waals surface area contributed by atoms with Crippen LogP contribution >= 0.6 is 11.3 Å². The molecule has 27 heavy (non-hydrogen) atoms. The smallest absolute Gasteiger partial charge is 0.339 e. The highest BCUT2D eigenvalue weighted by Crippen LogP contribution is 2.30. The van der Waals surface area contributed by atoms with Crippen molar-refractivity contribution < 1.29 is 13.9 Å². The average molecular weight is 383 g/mol. The van der Waals surface area contributed by atoms with E-state index in [1.54, 1.807) is 43.0 Å². The second kappa shape index (κ2) is 6.58. The Labute approximate surface area is 158 Å². The summed E-state index contributed by atoms with van der Waals surface area (Å²) >= 11 is 1.55. The predicted octanol–water partition coefficient (Wildman–Crippen LogP) is 3.61. The van der Waals surface area contributed by atoms with Crippen LogP contribution < -0.4 is 0 Å². The molecule has 4 aromatic rings. The Bertz CT molecular complexity index is 1130. The van der Waals surface area contributed by atoms with Gasteiger partial charge in [-0.25, -0.2) is 9.78 Å². The van der Waals surface area contributed by atoms with Crippen molar-refractivity contribution in [2.24, 2.45) is 7.05 Å². The van der Waals surface area contributed by atoms with Gasteiger partial charge in [-0.15, -0.1) is 21.5 Å². The number of hydrogen-bond acceptors (Lipinski definition) is 8. The number of esters is 1. The van der Waals surface area contributed by atoms with Crippen LogP contribution in [0, 0.1) is 13.8 Å². The van der Waals surface area contributed by atoms with E-state index in [0.717, 1.165) is 4.88 Å². The van der Waals surface area contributed by atoms with Crippen LogP contribution in [0.2, 0.25) is 0 Å². The molecule has 138 valence electrons. The Balaban J connectivity index is 1.78. The molecule has 0 aromatic carbocycles. The van der Waals surface area contributed by atoms with Gasteiger partial charge in [-0.05, 0) is 31.4 Å². The van der Waals surface area contributed by atoms with Gasteiger partial charge in [-0.1, -0.05) is 6.07 Å². The summed E-state index contributed by atoms with van der Waals surface area (Å²) in [5.74, 6) is 0.189. The predicted molar refractivity (Wildman–Crippen MR) is 99.4 cm³/mol. The zero-order chi connectivity index (χ0) is 19.1. The number of fused-ring (bicyclic) bond motifs is 1. The number of pyridine rings is 1. The van der Waals surface area contributed by atoms with Gasteiger partial charge in [0, 0.05) is 14.0 Å². The van der Waals surface area contributed by atoms with Crippen molar-refractivity contribution in [2.75, 3.05) is 0 Å². The number of carbonyl (C=O) groups excluding carboxylic acids is 1. The van der Waals surface area contributed by atoms with Gasteiger partial charge in [0.2, 0.25) is 5.89 Å². The molecule has 0 radical (unpaired) electrons. The van der Waals surface area contributed by atoms with E-state index in [-0.39, 0.29) is 5.89 Å². The van der Waals surface area contributed by atoms with E-state index >= 15 is 0 Å². The zero-order valence-electron chi connectivity index (χ0n) is 15.3. The molecule has 0 bridgehead atoms. The molecule has 0 N–H and O–H groups in total. The number of carbonyl (C=O) groups is 1. The van der Waals surface area contributed by atoms with Gasteiger partial charge in [0.15, 0.2) is 11.8 Å². The van der Waals surface area contributed by atoms with E-state index < -0.39 is 12.1 Å². The molecule has 0 amide bonds. The summed E-state index contributed by atoms with van der Waals surface area (Å²) in [6, 6.07) is 5.65. The molecule has 0 aliphatic rings. The normalized spacial score (nSPS) is 12.4. The standard InChI is InChI=1S/C18H17N5O3S/c1-9-15-12(18(24)25-10(2)17-21-20-11(3)26-17)8-13(14-6-5-7-27-14)19-16(15)23(4)22-9/h5-8,10H,1-4H3.